The molecule has 142 valence electrons. The number of primary amides is 1. The maximum Gasteiger partial charge on any atom is 0.249 e. The maximum atomic E-state index is 12.0. The first-order valence-corrected chi connectivity index (χ1v) is 9.54. The summed E-state index contributed by atoms with van der Waals surface area (Å²) in [6.45, 7) is 0.730. The average molecular weight is 445 g/mol. The van der Waals surface area contributed by atoms with Crippen LogP contribution in [0.3, 0.4) is 0 Å². The number of hydrogen-bond donors (Lipinski definition) is 2. The molecule has 0 radical (unpaired) electrons. The van der Waals surface area contributed by atoms with Gasteiger partial charge < -0.3 is 15.8 Å². The Morgan fingerprint density at radius 1 is 1.33 bits per heavy atom. The SMILES string of the molecule is COc1ccc(C(N)=O)c2c3c(sc12)C(c1c(Cl)cncc1Cl)NCC3.Cl. The molecule has 1 aromatic carbocycles. The molecule has 0 aliphatic carbocycles. The van der Waals surface area contributed by atoms with Crippen molar-refractivity contribution < 1.29 is 9.53 Å². The Kier molecular flexibility index (Phi) is 5.84. The van der Waals surface area contributed by atoms with E-state index in [9.17, 15) is 4.79 Å². The lowest BCUT2D eigenvalue weighted by molar-refractivity contribution is 0.100. The lowest BCUT2D eigenvalue weighted by Gasteiger charge is -2.26. The highest BCUT2D eigenvalue weighted by Gasteiger charge is 2.31. The molecule has 3 heterocycles. The number of nitrogens with zero attached hydrogens (tertiary/aromatic N) is 1. The average Bonchev–Trinajstić information content (AvgIpc) is 3.01. The zero-order valence-electron chi connectivity index (χ0n) is 14.2. The smallest absolute Gasteiger partial charge is 0.249 e. The molecular formula is C18H16Cl3N3O2S. The summed E-state index contributed by atoms with van der Waals surface area (Å²) < 4.78 is 6.41. The zero-order chi connectivity index (χ0) is 18.4. The molecule has 0 bridgehead atoms. The highest BCUT2D eigenvalue weighted by Crippen LogP contribution is 2.46. The van der Waals surface area contributed by atoms with E-state index in [4.69, 9.17) is 33.7 Å². The van der Waals surface area contributed by atoms with Crippen LogP contribution in [-0.4, -0.2) is 24.5 Å². The normalized spacial score (nSPS) is 15.9. The van der Waals surface area contributed by atoms with Crippen molar-refractivity contribution in [1.29, 1.82) is 0 Å². The summed E-state index contributed by atoms with van der Waals surface area (Å²) in [4.78, 5) is 17.1. The van der Waals surface area contributed by atoms with Gasteiger partial charge in [0.05, 0.1) is 27.9 Å². The van der Waals surface area contributed by atoms with Crippen LogP contribution in [0.15, 0.2) is 24.5 Å². The number of methoxy groups -OCH3 is 1. The van der Waals surface area contributed by atoms with Crippen molar-refractivity contribution in [2.45, 2.75) is 12.5 Å². The Morgan fingerprint density at radius 3 is 2.67 bits per heavy atom. The Bertz CT molecular complexity index is 1020. The van der Waals surface area contributed by atoms with Crippen LogP contribution in [0, 0.1) is 0 Å². The van der Waals surface area contributed by atoms with Crippen LogP contribution in [0.1, 0.15) is 32.4 Å². The van der Waals surface area contributed by atoms with E-state index in [0.717, 1.165) is 44.8 Å². The summed E-state index contributed by atoms with van der Waals surface area (Å²) in [5.74, 6) is 0.267. The first kappa shape index (κ1) is 20.2. The van der Waals surface area contributed by atoms with Gasteiger partial charge in [0.1, 0.15) is 5.75 Å². The minimum Gasteiger partial charge on any atom is -0.495 e. The standard InChI is InChI=1S/C18H15Cl2N3O2S.ClH/c1-25-12-3-2-9(18(21)24)13-8-4-5-23-15(16(8)26-17(12)13)14-10(19)6-22-7-11(14)20;/h2-3,6-7,15,23H,4-5H2,1H3,(H2,21,24);1H. The lowest BCUT2D eigenvalue weighted by Crippen LogP contribution is -2.30. The van der Waals surface area contributed by atoms with Crippen molar-refractivity contribution in [1.82, 2.24) is 10.3 Å². The van der Waals surface area contributed by atoms with Crippen molar-refractivity contribution >= 4 is 62.9 Å². The van der Waals surface area contributed by atoms with E-state index in [1.807, 2.05) is 0 Å². The van der Waals surface area contributed by atoms with Crippen molar-refractivity contribution in [3.05, 3.63) is 56.1 Å². The van der Waals surface area contributed by atoms with Gasteiger partial charge in [0.25, 0.3) is 0 Å². The van der Waals surface area contributed by atoms with Gasteiger partial charge in [0.2, 0.25) is 5.91 Å². The number of halogens is 3. The second kappa shape index (κ2) is 7.81. The number of fused-ring (bicyclic) bond motifs is 3. The highest BCUT2D eigenvalue weighted by atomic mass is 35.5. The molecule has 2 aromatic heterocycles. The molecule has 0 saturated carbocycles. The van der Waals surface area contributed by atoms with Crippen LogP contribution >= 0.6 is 46.9 Å². The molecule has 1 amide bonds. The zero-order valence-corrected chi connectivity index (χ0v) is 17.4. The number of benzene rings is 1. The largest absolute Gasteiger partial charge is 0.495 e. The summed E-state index contributed by atoms with van der Waals surface area (Å²) >= 11 is 14.3. The minimum atomic E-state index is -0.451. The monoisotopic (exact) mass is 443 g/mol. The predicted molar refractivity (Wildman–Crippen MR) is 112 cm³/mol. The molecule has 1 unspecified atom stereocenters. The summed E-state index contributed by atoms with van der Waals surface area (Å²) in [5.41, 5.74) is 8.00. The van der Waals surface area contributed by atoms with Crippen molar-refractivity contribution in [2.75, 3.05) is 13.7 Å². The molecule has 1 atom stereocenters. The Balaban J connectivity index is 0.00000210. The molecule has 4 rings (SSSR count). The second-order valence-corrected chi connectivity index (χ2v) is 7.85. The van der Waals surface area contributed by atoms with Gasteiger partial charge in [-0.2, -0.15) is 0 Å². The molecule has 1 aliphatic rings. The van der Waals surface area contributed by atoms with Gasteiger partial charge in [-0.05, 0) is 24.1 Å². The summed E-state index contributed by atoms with van der Waals surface area (Å²) in [7, 11) is 1.61. The number of nitrogens with two attached hydrogens (primary N) is 1. The van der Waals surface area contributed by atoms with Crippen LogP contribution in [0.5, 0.6) is 5.75 Å². The molecule has 0 saturated heterocycles. The van der Waals surface area contributed by atoms with E-state index in [1.54, 1.807) is 43.0 Å². The van der Waals surface area contributed by atoms with Crippen LogP contribution in [0.4, 0.5) is 0 Å². The number of ether oxygens (including phenoxy) is 1. The number of carbonyl (C=O) groups is 1. The number of rotatable bonds is 3. The fourth-order valence-electron chi connectivity index (χ4n) is 3.47. The number of thiophene rings is 1. The maximum absolute atomic E-state index is 12.0. The minimum absolute atomic E-state index is 0. The Labute approximate surface area is 176 Å². The number of amides is 1. The first-order chi connectivity index (χ1) is 12.5. The van der Waals surface area contributed by atoms with Crippen molar-refractivity contribution in [3.8, 4) is 5.75 Å². The molecule has 1 aliphatic heterocycles. The van der Waals surface area contributed by atoms with Gasteiger partial charge >= 0.3 is 0 Å². The van der Waals surface area contributed by atoms with E-state index in [0.29, 0.717) is 15.6 Å². The van der Waals surface area contributed by atoms with Crippen molar-refractivity contribution in [3.63, 3.8) is 0 Å². The number of carbonyl (C=O) groups excluding carboxylic acids is 1. The van der Waals surface area contributed by atoms with Gasteiger partial charge in [0.15, 0.2) is 0 Å². The van der Waals surface area contributed by atoms with Gasteiger partial charge in [-0.25, -0.2) is 0 Å². The van der Waals surface area contributed by atoms with Gasteiger partial charge in [-0.15, -0.1) is 23.7 Å². The Hall–Kier alpha value is -1.57. The summed E-state index contributed by atoms with van der Waals surface area (Å²) in [5, 5.41) is 5.35. The molecule has 3 N–H and O–H groups in total. The topological polar surface area (TPSA) is 77.2 Å². The van der Waals surface area contributed by atoms with Gasteiger partial charge in [0, 0.05) is 40.3 Å². The number of pyridine rings is 1. The molecule has 9 heteroatoms. The molecule has 0 fully saturated rings. The number of nitrogens with one attached hydrogen (secondary N) is 1. The first-order valence-electron chi connectivity index (χ1n) is 7.97. The molecule has 0 spiro atoms. The summed E-state index contributed by atoms with van der Waals surface area (Å²) in [6, 6.07) is 3.32. The van der Waals surface area contributed by atoms with Gasteiger partial charge in [-0.3, -0.25) is 9.78 Å². The van der Waals surface area contributed by atoms with Crippen LogP contribution in [0.25, 0.3) is 10.1 Å². The third-order valence-electron chi connectivity index (χ3n) is 4.58. The third-order valence-corrected chi connectivity index (χ3v) is 6.50. The van der Waals surface area contributed by atoms with Crippen molar-refractivity contribution in [2.24, 2.45) is 5.73 Å². The van der Waals surface area contributed by atoms with E-state index in [2.05, 4.69) is 10.3 Å². The van der Waals surface area contributed by atoms with E-state index in [1.165, 1.54) is 0 Å². The van der Waals surface area contributed by atoms with Crippen LogP contribution in [0.2, 0.25) is 10.0 Å². The van der Waals surface area contributed by atoms with E-state index in [-0.39, 0.29) is 18.4 Å². The Morgan fingerprint density at radius 2 is 2.04 bits per heavy atom. The molecular weight excluding hydrogens is 429 g/mol. The highest BCUT2D eigenvalue weighted by molar-refractivity contribution is 7.19. The number of hydrogen-bond acceptors (Lipinski definition) is 5. The van der Waals surface area contributed by atoms with E-state index >= 15 is 0 Å². The molecule has 3 aromatic rings. The third kappa shape index (κ3) is 3.26. The van der Waals surface area contributed by atoms with Crippen LogP contribution in [-0.2, 0) is 6.42 Å². The van der Waals surface area contributed by atoms with Gasteiger partial charge in [-0.1, -0.05) is 23.2 Å². The summed E-state index contributed by atoms with van der Waals surface area (Å²) in [6.07, 6.45) is 3.95. The van der Waals surface area contributed by atoms with E-state index < -0.39 is 5.91 Å². The second-order valence-electron chi connectivity index (χ2n) is 5.98. The fraction of sp³-hybridized carbons (Fsp3) is 0.222. The molecule has 5 nitrogen and oxygen atoms in total. The fourth-order valence-corrected chi connectivity index (χ4v) is 5.51. The quantitative estimate of drug-likeness (QED) is 0.629. The predicted octanol–water partition coefficient (Wildman–Crippen LogP) is 4.37. The molecule has 27 heavy (non-hydrogen) atoms. The van der Waals surface area contributed by atoms with Crippen LogP contribution < -0.4 is 15.8 Å². The lowest BCUT2D eigenvalue weighted by atomic mass is 9.93. The number of aromatic nitrogens is 1.